The van der Waals surface area contributed by atoms with Crippen LogP contribution >= 0.6 is 0 Å². The molecule has 0 aliphatic rings. The molecule has 0 unspecified atom stereocenters. The second-order valence-corrected chi connectivity index (χ2v) is 3.46. The van der Waals surface area contributed by atoms with E-state index in [1.807, 2.05) is 20.9 Å². The Kier molecular flexibility index (Phi) is 3.71. The fourth-order valence-corrected chi connectivity index (χ4v) is 1.56. The first-order valence-corrected chi connectivity index (χ1v) is 5.20. The predicted molar refractivity (Wildman–Crippen MR) is 61.2 cm³/mol. The molecular formula is C10H19N3O2. The smallest absolute Gasteiger partial charge is 0.237 e. The molecule has 0 bridgehead atoms. The SMILES string of the molecule is CCCN(C)n1c(O)cc(NCC)c1O. The summed E-state index contributed by atoms with van der Waals surface area (Å²) < 4.78 is 1.39. The largest absolute Gasteiger partial charge is 0.493 e. The van der Waals surface area contributed by atoms with Crippen molar-refractivity contribution < 1.29 is 10.2 Å². The maximum Gasteiger partial charge on any atom is 0.237 e. The van der Waals surface area contributed by atoms with Gasteiger partial charge >= 0.3 is 0 Å². The quantitative estimate of drug-likeness (QED) is 0.690. The van der Waals surface area contributed by atoms with Crippen LogP contribution in [0, 0.1) is 0 Å². The number of hydrogen-bond donors (Lipinski definition) is 3. The number of aromatic hydroxyl groups is 2. The van der Waals surface area contributed by atoms with Crippen molar-refractivity contribution in [1.82, 2.24) is 4.68 Å². The molecule has 1 rings (SSSR count). The molecule has 0 aromatic carbocycles. The summed E-state index contributed by atoms with van der Waals surface area (Å²) in [6.45, 7) is 5.44. The van der Waals surface area contributed by atoms with Crippen molar-refractivity contribution in [2.75, 3.05) is 30.5 Å². The van der Waals surface area contributed by atoms with Gasteiger partial charge < -0.3 is 20.5 Å². The number of rotatable bonds is 5. The lowest BCUT2D eigenvalue weighted by atomic mass is 10.5. The topological polar surface area (TPSA) is 60.7 Å². The standard InChI is InChI=1S/C10H19N3O2/c1-4-6-12(3)13-9(14)7-8(10(13)15)11-5-2/h7,11,14-15H,4-6H2,1-3H3. The van der Waals surface area contributed by atoms with E-state index >= 15 is 0 Å². The summed E-state index contributed by atoms with van der Waals surface area (Å²) in [6.07, 6.45) is 0.949. The Bertz CT molecular complexity index is 323. The zero-order valence-electron chi connectivity index (χ0n) is 9.49. The van der Waals surface area contributed by atoms with Gasteiger partial charge in [-0.2, -0.15) is 4.68 Å². The minimum absolute atomic E-state index is 0.0411. The highest BCUT2D eigenvalue weighted by Gasteiger charge is 2.15. The van der Waals surface area contributed by atoms with Crippen LogP contribution in [0.3, 0.4) is 0 Å². The molecule has 0 aliphatic heterocycles. The average molecular weight is 213 g/mol. The van der Waals surface area contributed by atoms with Gasteiger partial charge in [-0.25, -0.2) is 0 Å². The third-order valence-corrected chi connectivity index (χ3v) is 2.19. The molecule has 5 nitrogen and oxygen atoms in total. The van der Waals surface area contributed by atoms with Crippen molar-refractivity contribution in [3.8, 4) is 11.8 Å². The maximum atomic E-state index is 9.84. The maximum absolute atomic E-state index is 9.84. The molecule has 0 atom stereocenters. The Morgan fingerprint density at radius 3 is 2.60 bits per heavy atom. The van der Waals surface area contributed by atoms with Crippen LogP contribution in [-0.4, -0.2) is 35.0 Å². The van der Waals surface area contributed by atoms with E-state index in [1.54, 1.807) is 5.01 Å². The monoisotopic (exact) mass is 213 g/mol. The van der Waals surface area contributed by atoms with Crippen molar-refractivity contribution in [3.63, 3.8) is 0 Å². The summed E-state index contributed by atoms with van der Waals surface area (Å²) >= 11 is 0. The van der Waals surface area contributed by atoms with Gasteiger partial charge in [0.05, 0.1) is 0 Å². The average Bonchev–Trinajstić information content (AvgIpc) is 2.43. The third-order valence-electron chi connectivity index (χ3n) is 2.19. The van der Waals surface area contributed by atoms with Crippen molar-refractivity contribution in [2.45, 2.75) is 20.3 Å². The Balaban J connectivity index is 2.96. The highest BCUT2D eigenvalue weighted by molar-refractivity contribution is 5.57. The van der Waals surface area contributed by atoms with E-state index in [9.17, 15) is 10.2 Å². The molecule has 86 valence electrons. The van der Waals surface area contributed by atoms with Gasteiger partial charge in [0.2, 0.25) is 11.8 Å². The molecule has 0 saturated heterocycles. The highest BCUT2D eigenvalue weighted by atomic mass is 16.3. The van der Waals surface area contributed by atoms with Crippen molar-refractivity contribution >= 4 is 5.69 Å². The van der Waals surface area contributed by atoms with E-state index in [1.165, 1.54) is 10.7 Å². The molecule has 15 heavy (non-hydrogen) atoms. The lowest BCUT2D eigenvalue weighted by Gasteiger charge is -2.21. The zero-order chi connectivity index (χ0) is 11.4. The van der Waals surface area contributed by atoms with E-state index in [2.05, 4.69) is 5.32 Å². The first-order valence-electron chi connectivity index (χ1n) is 5.20. The van der Waals surface area contributed by atoms with Gasteiger partial charge in [-0.05, 0) is 13.3 Å². The molecule has 1 aromatic heterocycles. The molecule has 0 aliphatic carbocycles. The van der Waals surface area contributed by atoms with Crippen LogP contribution in [0.5, 0.6) is 11.8 Å². The van der Waals surface area contributed by atoms with E-state index < -0.39 is 0 Å². The predicted octanol–water partition coefficient (Wildman–Crippen LogP) is 1.31. The van der Waals surface area contributed by atoms with Gasteiger partial charge in [-0.15, -0.1) is 0 Å². The van der Waals surface area contributed by atoms with Gasteiger partial charge in [-0.1, -0.05) is 6.92 Å². The van der Waals surface area contributed by atoms with Crippen LogP contribution in [0.1, 0.15) is 20.3 Å². The van der Waals surface area contributed by atoms with Crippen LogP contribution in [0.25, 0.3) is 0 Å². The van der Waals surface area contributed by atoms with Crippen LogP contribution in [0.2, 0.25) is 0 Å². The fourth-order valence-electron chi connectivity index (χ4n) is 1.56. The van der Waals surface area contributed by atoms with Gasteiger partial charge in [-0.3, -0.25) is 0 Å². The minimum Gasteiger partial charge on any atom is -0.493 e. The van der Waals surface area contributed by atoms with Crippen molar-refractivity contribution in [2.24, 2.45) is 0 Å². The molecule has 0 spiro atoms. The molecule has 3 N–H and O–H groups in total. The summed E-state index contributed by atoms with van der Waals surface area (Å²) in [7, 11) is 1.82. The number of nitrogens with zero attached hydrogens (tertiary/aromatic N) is 2. The normalized spacial score (nSPS) is 10.3. The Morgan fingerprint density at radius 2 is 2.07 bits per heavy atom. The summed E-state index contributed by atoms with van der Waals surface area (Å²) in [5, 5.41) is 24.2. The summed E-state index contributed by atoms with van der Waals surface area (Å²) in [5.74, 6) is 0.0877. The molecular weight excluding hydrogens is 194 g/mol. The molecule has 0 saturated carbocycles. The summed E-state index contributed by atoms with van der Waals surface area (Å²) in [6, 6.07) is 1.52. The summed E-state index contributed by atoms with van der Waals surface area (Å²) in [4.78, 5) is 0. The molecule has 5 heteroatoms. The molecule has 1 aromatic rings. The van der Waals surface area contributed by atoms with E-state index in [-0.39, 0.29) is 11.8 Å². The van der Waals surface area contributed by atoms with Crippen molar-refractivity contribution in [3.05, 3.63) is 6.07 Å². The van der Waals surface area contributed by atoms with E-state index in [4.69, 9.17) is 0 Å². The van der Waals surface area contributed by atoms with Crippen LogP contribution in [0.15, 0.2) is 6.07 Å². The van der Waals surface area contributed by atoms with Crippen LogP contribution in [-0.2, 0) is 0 Å². The Morgan fingerprint density at radius 1 is 1.40 bits per heavy atom. The Hall–Kier alpha value is -1.52. The number of aromatic nitrogens is 1. The van der Waals surface area contributed by atoms with E-state index in [0.717, 1.165) is 13.0 Å². The van der Waals surface area contributed by atoms with Crippen LogP contribution < -0.4 is 10.3 Å². The van der Waals surface area contributed by atoms with E-state index in [0.29, 0.717) is 12.2 Å². The van der Waals surface area contributed by atoms with Crippen molar-refractivity contribution in [1.29, 1.82) is 0 Å². The second kappa shape index (κ2) is 4.82. The van der Waals surface area contributed by atoms with Gasteiger partial charge in [0.25, 0.3) is 0 Å². The Labute approximate surface area is 89.9 Å². The second-order valence-electron chi connectivity index (χ2n) is 3.46. The fraction of sp³-hybridized carbons (Fsp3) is 0.600. The molecule has 0 radical (unpaired) electrons. The summed E-state index contributed by atoms with van der Waals surface area (Å²) in [5.41, 5.74) is 0.554. The van der Waals surface area contributed by atoms with Crippen LogP contribution in [0.4, 0.5) is 5.69 Å². The van der Waals surface area contributed by atoms with Gasteiger partial charge in [0.1, 0.15) is 5.69 Å². The number of hydrogen-bond acceptors (Lipinski definition) is 4. The number of nitrogens with one attached hydrogen (secondary N) is 1. The third kappa shape index (κ3) is 2.29. The first-order chi connectivity index (χ1) is 7.11. The lowest BCUT2D eigenvalue weighted by molar-refractivity contribution is 0.365. The molecule has 0 fully saturated rings. The minimum atomic E-state index is 0.0411. The highest BCUT2D eigenvalue weighted by Crippen LogP contribution is 2.31. The molecule has 0 amide bonds. The van der Waals surface area contributed by atoms with Gasteiger partial charge in [0, 0.05) is 26.2 Å². The first kappa shape index (κ1) is 11.6. The number of anilines is 1. The lowest BCUT2D eigenvalue weighted by Crippen LogP contribution is -2.29. The zero-order valence-corrected chi connectivity index (χ0v) is 9.49. The van der Waals surface area contributed by atoms with Gasteiger partial charge in [0.15, 0.2) is 0 Å². The molecule has 1 heterocycles.